The Balaban J connectivity index is 1.34. The number of thiazole rings is 1. The molecule has 1 atom stereocenters. The summed E-state index contributed by atoms with van der Waals surface area (Å²) in [5, 5.41) is 1.23. The van der Waals surface area contributed by atoms with Gasteiger partial charge in [0.25, 0.3) is 0 Å². The van der Waals surface area contributed by atoms with E-state index in [4.69, 9.17) is 4.98 Å². The normalized spacial score (nSPS) is 21.3. The molecule has 0 amide bonds. The Hall–Kier alpha value is -1.50. The van der Waals surface area contributed by atoms with Gasteiger partial charge in [-0.2, -0.15) is 0 Å². The smallest absolute Gasteiger partial charge is 0.185 e. The van der Waals surface area contributed by atoms with E-state index >= 15 is 0 Å². The van der Waals surface area contributed by atoms with Gasteiger partial charge in [-0.3, -0.25) is 14.8 Å². The van der Waals surface area contributed by atoms with Gasteiger partial charge in [-0.05, 0) is 56.5 Å². The summed E-state index contributed by atoms with van der Waals surface area (Å²) in [6.07, 6.45) is 11.1. The van der Waals surface area contributed by atoms with Crippen LogP contribution < -0.4 is 4.90 Å². The molecule has 146 valence electrons. The number of aromatic nitrogens is 2. The first-order valence-electron chi connectivity index (χ1n) is 10.4. The van der Waals surface area contributed by atoms with Gasteiger partial charge < -0.3 is 4.90 Å². The fraction of sp³-hybridized carbons (Fsp3) is 0.619. The highest BCUT2D eigenvalue weighted by molar-refractivity contribution is 7.15. The van der Waals surface area contributed by atoms with Crippen molar-refractivity contribution < 1.29 is 0 Å². The first kappa shape index (κ1) is 18.8. The van der Waals surface area contributed by atoms with Crippen LogP contribution in [0.1, 0.15) is 43.0 Å². The fourth-order valence-electron chi connectivity index (χ4n) is 4.34. The number of anilines is 1. The van der Waals surface area contributed by atoms with E-state index in [2.05, 4.69) is 44.9 Å². The molecule has 0 N–H and O–H groups in total. The van der Waals surface area contributed by atoms with E-state index in [9.17, 15) is 0 Å². The summed E-state index contributed by atoms with van der Waals surface area (Å²) in [7, 11) is 0. The van der Waals surface area contributed by atoms with Crippen molar-refractivity contribution in [1.82, 2.24) is 19.8 Å². The summed E-state index contributed by atoms with van der Waals surface area (Å²) in [4.78, 5) is 18.0. The first-order valence-corrected chi connectivity index (χ1v) is 11.2. The Morgan fingerprint density at radius 1 is 1.15 bits per heavy atom. The van der Waals surface area contributed by atoms with E-state index in [1.54, 1.807) is 0 Å². The zero-order valence-electron chi connectivity index (χ0n) is 16.4. The molecule has 27 heavy (non-hydrogen) atoms. The summed E-state index contributed by atoms with van der Waals surface area (Å²) >= 11 is 1.89. The molecule has 0 spiro atoms. The third-order valence-electron chi connectivity index (χ3n) is 5.84. The summed E-state index contributed by atoms with van der Waals surface area (Å²) in [5.41, 5.74) is 1.36. The van der Waals surface area contributed by atoms with Crippen LogP contribution >= 0.6 is 11.3 Å². The van der Waals surface area contributed by atoms with Crippen LogP contribution in [0.3, 0.4) is 0 Å². The van der Waals surface area contributed by atoms with E-state index in [-0.39, 0.29) is 0 Å². The molecule has 2 aromatic heterocycles. The van der Waals surface area contributed by atoms with Crippen molar-refractivity contribution in [3.63, 3.8) is 0 Å². The fourth-order valence-corrected chi connectivity index (χ4v) is 5.34. The third-order valence-corrected chi connectivity index (χ3v) is 6.88. The van der Waals surface area contributed by atoms with E-state index < -0.39 is 0 Å². The number of likely N-dealkylation sites (N-methyl/N-ethyl adjacent to an activating group) is 1. The lowest BCUT2D eigenvalue weighted by atomic mass is 10.0. The quantitative estimate of drug-likeness (QED) is 0.727. The Morgan fingerprint density at radius 2 is 1.96 bits per heavy atom. The van der Waals surface area contributed by atoms with Crippen molar-refractivity contribution >= 4 is 16.5 Å². The first-order chi connectivity index (χ1) is 13.3. The second-order valence-corrected chi connectivity index (χ2v) is 8.85. The van der Waals surface area contributed by atoms with Crippen LogP contribution in [0.4, 0.5) is 5.13 Å². The molecule has 2 aliphatic heterocycles. The molecule has 1 unspecified atom stereocenters. The highest BCUT2D eigenvalue weighted by Gasteiger charge is 2.25. The van der Waals surface area contributed by atoms with Crippen molar-refractivity contribution in [1.29, 1.82) is 0 Å². The molecule has 2 fully saturated rings. The van der Waals surface area contributed by atoms with Crippen LogP contribution in [0.5, 0.6) is 0 Å². The lowest BCUT2D eigenvalue weighted by Crippen LogP contribution is -2.47. The summed E-state index contributed by atoms with van der Waals surface area (Å²) < 4.78 is 0. The second-order valence-electron chi connectivity index (χ2n) is 7.75. The number of likely N-dealkylation sites (tertiary alicyclic amines) is 1. The molecule has 4 heterocycles. The van der Waals surface area contributed by atoms with E-state index in [0.717, 1.165) is 26.2 Å². The molecule has 4 rings (SSSR count). The van der Waals surface area contributed by atoms with Crippen LogP contribution in [-0.4, -0.2) is 58.5 Å². The van der Waals surface area contributed by atoms with Crippen LogP contribution in [0.2, 0.25) is 0 Å². The molecule has 0 aliphatic carbocycles. The van der Waals surface area contributed by atoms with Gasteiger partial charge in [0.05, 0.1) is 0 Å². The monoisotopic (exact) mass is 385 g/mol. The molecule has 2 saturated heterocycles. The van der Waals surface area contributed by atoms with Gasteiger partial charge in [0, 0.05) is 62.2 Å². The van der Waals surface area contributed by atoms with Gasteiger partial charge in [0.15, 0.2) is 5.13 Å². The Kier molecular flexibility index (Phi) is 6.37. The molecule has 0 saturated carbocycles. The van der Waals surface area contributed by atoms with Crippen molar-refractivity contribution in [2.75, 3.05) is 37.6 Å². The number of hydrogen-bond donors (Lipinski definition) is 0. The van der Waals surface area contributed by atoms with E-state index in [0.29, 0.717) is 6.04 Å². The average Bonchev–Trinajstić information content (AvgIpc) is 3.39. The Labute approximate surface area is 167 Å². The number of nitrogens with zero attached hydrogens (tertiary/aromatic N) is 5. The molecule has 5 nitrogen and oxygen atoms in total. The Bertz CT molecular complexity index is 698. The van der Waals surface area contributed by atoms with Crippen molar-refractivity contribution in [2.45, 2.75) is 51.7 Å². The van der Waals surface area contributed by atoms with Crippen LogP contribution in [0.15, 0.2) is 30.7 Å². The van der Waals surface area contributed by atoms with Crippen molar-refractivity contribution in [2.24, 2.45) is 0 Å². The molecule has 2 aromatic rings. The van der Waals surface area contributed by atoms with Gasteiger partial charge in [-0.25, -0.2) is 4.98 Å². The maximum Gasteiger partial charge on any atom is 0.185 e. The molecular formula is C21H31N5S. The minimum Gasteiger partial charge on any atom is -0.348 e. The topological polar surface area (TPSA) is 35.5 Å². The summed E-state index contributed by atoms with van der Waals surface area (Å²) in [6.45, 7) is 10.2. The van der Waals surface area contributed by atoms with Gasteiger partial charge >= 0.3 is 0 Å². The van der Waals surface area contributed by atoms with Crippen LogP contribution in [-0.2, 0) is 13.1 Å². The largest absolute Gasteiger partial charge is 0.348 e. The number of rotatable bonds is 7. The molecule has 6 heteroatoms. The lowest BCUT2D eigenvalue weighted by Gasteiger charge is -2.39. The van der Waals surface area contributed by atoms with Crippen molar-refractivity contribution in [3.8, 4) is 0 Å². The zero-order valence-corrected chi connectivity index (χ0v) is 17.2. The Morgan fingerprint density at radius 3 is 2.74 bits per heavy atom. The third kappa shape index (κ3) is 4.86. The number of piperidine rings is 1. The average molecular weight is 386 g/mol. The van der Waals surface area contributed by atoms with Gasteiger partial charge in [0.2, 0.25) is 0 Å². The second kappa shape index (κ2) is 9.13. The highest BCUT2D eigenvalue weighted by atomic mass is 32.1. The van der Waals surface area contributed by atoms with Gasteiger partial charge in [-0.1, -0.05) is 6.92 Å². The molecule has 0 aromatic carbocycles. The summed E-state index contributed by atoms with van der Waals surface area (Å²) in [5.74, 6) is 0. The number of pyridine rings is 1. The molecule has 2 aliphatic rings. The highest BCUT2D eigenvalue weighted by Crippen LogP contribution is 2.28. The SMILES string of the molecule is CCN(Cc1ccncc1)C1CCCN(Cc2cnc(N3CCCC3)s2)C1. The number of hydrogen-bond acceptors (Lipinski definition) is 6. The summed E-state index contributed by atoms with van der Waals surface area (Å²) in [6, 6.07) is 4.92. The standard InChI is InChI=1S/C21H31N5S/c1-2-25(15-18-7-9-22-10-8-18)19-6-5-11-24(16-19)17-20-14-23-21(27-20)26-12-3-4-13-26/h7-10,14,19H,2-6,11-13,15-17H2,1H3. The van der Waals surface area contributed by atoms with E-state index in [1.165, 1.54) is 60.9 Å². The zero-order chi connectivity index (χ0) is 18.5. The van der Waals surface area contributed by atoms with Gasteiger partial charge in [0.1, 0.15) is 0 Å². The minimum absolute atomic E-state index is 0.642. The lowest BCUT2D eigenvalue weighted by molar-refractivity contribution is 0.0923. The molecule has 0 radical (unpaired) electrons. The van der Waals surface area contributed by atoms with E-state index in [1.807, 2.05) is 23.7 Å². The minimum atomic E-state index is 0.642. The predicted molar refractivity (Wildman–Crippen MR) is 112 cm³/mol. The van der Waals surface area contributed by atoms with Crippen LogP contribution in [0, 0.1) is 0 Å². The maximum atomic E-state index is 4.69. The van der Waals surface area contributed by atoms with Gasteiger partial charge in [-0.15, -0.1) is 11.3 Å². The molecule has 0 bridgehead atoms. The predicted octanol–water partition coefficient (Wildman–Crippen LogP) is 3.62. The molecular weight excluding hydrogens is 354 g/mol. The van der Waals surface area contributed by atoms with Crippen LogP contribution in [0.25, 0.3) is 0 Å². The maximum absolute atomic E-state index is 4.69. The van der Waals surface area contributed by atoms with Crippen molar-refractivity contribution in [3.05, 3.63) is 41.2 Å².